The third-order valence-corrected chi connectivity index (χ3v) is 5.16. The molecular formula is C18H21N3O2S. The lowest BCUT2D eigenvalue weighted by Crippen LogP contribution is -2.45. The fourth-order valence-electron chi connectivity index (χ4n) is 3.12. The van der Waals surface area contributed by atoms with Crippen LogP contribution in [0.4, 0.5) is 5.69 Å². The van der Waals surface area contributed by atoms with Crippen LogP contribution in [0, 0.1) is 0 Å². The molecule has 0 unspecified atom stereocenters. The van der Waals surface area contributed by atoms with Gasteiger partial charge < -0.3 is 9.80 Å². The van der Waals surface area contributed by atoms with Gasteiger partial charge in [-0.1, -0.05) is 18.2 Å². The van der Waals surface area contributed by atoms with Crippen molar-refractivity contribution in [2.45, 2.75) is 32.2 Å². The van der Waals surface area contributed by atoms with Crippen molar-refractivity contribution < 1.29 is 9.59 Å². The number of thiazole rings is 1. The topological polar surface area (TPSA) is 53.5 Å². The quantitative estimate of drug-likeness (QED) is 0.810. The van der Waals surface area contributed by atoms with Crippen LogP contribution in [0.25, 0.3) is 0 Å². The Hall–Kier alpha value is -2.21. The van der Waals surface area contributed by atoms with Crippen LogP contribution in [-0.4, -0.2) is 40.8 Å². The minimum Gasteiger partial charge on any atom is -0.331 e. The number of aromatic nitrogens is 1. The maximum atomic E-state index is 12.8. The Morgan fingerprint density at radius 2 is 2.17 bits per heavy atom. The van der Waals surface area contributed by atoms with Crippen LogP contribution in [-0.2, 0) is 16.0 Å². The van der Waals surface area contributed by atoms with E-state index in [0.717, 1.165) is 10.7 Å². The second-order valence-corrected chi connectivity index (χ2v) is 6.71. The second-order valence-electron chi connectivity index (χ2n) is 5.74. The number of benzene rings is 1. The summed E-state index contributed by atoms with van der Waals surface area (Å²) in [6, 6.07) is 9.29. The van der Waals surface area contributed by atoms with Crippen LogP contribution >= 0.6 is 11.3 Å². The van der Waals surface area contributed by atoms with Crippen LogP contribution in [0.5, 0.6) is 0 Å². The van der Waals surface area contributed by atoms with E-state index in [1.54, 1.807) is 27.3 Å². The first-order valence-corrected chi connectivity index (χ1v) is 9.13. The standard InChI is InChI=1S/C18H21N3O2S/c1-2-20(17(22)9-8-16-19-11-13-24-16)15-10-12-21(18(15)23)14-6-4-3-5-7-14/h3-7,11,13,15H,2,8-10,12H2,1H3/t15-/m0/s1. The van der Waals surface area contributed by atoms with E-state index >= 15 is 0 Å². The van der Waals surface area contributed by atoms with E-state index < -0.39 is 0 Å². The molecule has 0 saturated carbocycles. The van der Waals surface area contributed by atoms with Gasteiger partial charge in [0, 0.05) is 43.2 Å². The highest BCUT2D eigenvalue weighted by atomic mass is 32.1. The molecule has 1 saturated heterocycles. The zero-order valence-corrected chi connectivity index (χ0v) is 14.5. The number of hydrogen-bond donors (Lipinski definition) is 0. The molecule has 2 heterocycles. The molecule has 1 aliphatic rings. The minimum atomic E-state index is -0.348. The van der Waals surface area contributed by atoms with E-state index in [9.17, 15) is 9.59 Å². The molecule has 2 amide bonds. The number of carbonyl (C=O) groups is 2. The lowest BCUT2D eigenvalue weighted by atomic mass is 10.2. The Morgan fingerprint density at radius 1 is 1.38 bits per heavy atom. The maximum Gasteiger partial charge on any atom is 0.249 e. The van der Waals surface area contributed by atoms with Gasteiger partial charge in [-0.2, -0.15) is 0 Å². The third-order valence-electron chi connectivity index (χ3n) is 4.32. The molecule has 0 aliphatic carbocycles. The molecule has 24 heavy (non-hydrogen) atoms. The second kappa shape index (κ2) is 7.57. The van der Waals surface area contributed by atoms with Gasteiger partial charge in [-0.15, -0.1) is 11.3 Å². The van der Waals surface area contributed by atoms with E-state index in [-0.39, 0.29) is 17.9 Å². The van der Waals surface area contributed by atoms with E-state index in [0.29, 0.717) is 32.4 Å². The van der Waals surface area contributed by atoms with Crippen molar-refractivity contribution in [3.63, 3.8) is 0 Å². The van der Waals surface area contributed by atoms with Crippen molar-refractivity contribution in [2.24, 2.45) is 0 Å². The first-order chi connectivity index (χ1) is 11.7. The highest BCUT2D eigenvalue weighted by molar-refractivity contribution is 7.09. The van der Waals surface area contributed by atoms with Gasteiger partial charge in [-0.25, -0.2) is 4.98 Å². The number of likely N-dealkylation sites (N-methyl/N-ethyl adjacent to an activating group) is 1. The SMILES string of the molecule is CCN(C(=O)CCc1nccs1)[C@H]1CCN(c2ccccc2)C1=O. The Labute approximate surface area is 145 Å². The molecule has 5 nitrogen and oxygen atoms in total. The van der Waals surface area contributed by atoms with Gasteiger partial charge in [0.25, 0.3) is 0 Å². The number of rotatable bonds is 6. The summed E-state index contributed by atoms with van der Waals surface area (Å²) in [6.07, 6.45) is 3.47. The number of carbonyl (C=O) groups excluding carboxylic acids is 2. The minimum absolute atomic E-state index is 0.0191. The molecule has 0 bridgehead atoms. The number of aryl methyl sites for hydroxylation is 1. The van der Waals surface area contributed by atoms with Crippen LogP contribution in [0.2, 0.25) is 0 Å². The van der Waals surface area contributed by atoms with Crippen molar-refractivity contribution >= 4 is 28.8 Å². The average Bonchev–Trinajstić information content (AvgIpc) is 3.25. The Kier molecular flexibility index (Phi) is 5.25. The van der Waals surface area contributed by atoms with E-state index in [1.807, 2.05) is 42.6 Å². The Bertz CT molecular complexity index is 688. The summed E-state index contributed by atoms with van der Waals surface area (Å²) in [4.78, 5) is 33.1. The van der Waals surface area contributed by atoms with E-state index in [1.165, 1.54) is 0 Å². The monoisotopic (exact) mass is 343 g/mol. The molecule has 3 rings (SSSR count). The lowest BCUT2D eigenvalue weighted by Gasteiger charge is -2.27. The summed E-state index contributed by atoms with van der Waals surface area (Å²) in [5.41, 5.74) is 0.899. The van der Waals surface area contributed by atoms with Crippen LogP contribution in [0.1, 0.15) is 24.8 Å². The highest BCUT2D eigenvalue weighted by Crippen LogP contribution is 2.24. The van der Waals surface area contributed by atoms with Gasteiger partial charge in [0.1, 0.15) is 6.04 Å². The number of hydrogen-bond acceptors (Lipinski definition) is 4. The summed E-state index contributed by atoms with van der Waals surface area (Å²) in [5, 5.41) is 2.87. The summed E-state index contributed by atoms with van der Waals surface area (Å²) < 4.78 is 0. The van der Waals surface area contributed by atoms with Gasteiger partial charge in [-0.3, -0.25) is 9.59 Å². The molecule has 1 aromatic carbocycles. The van der Waals surface area contributed by atoms with E-state index in [4.69, 9.17) is 0 Å². The van der Waals surface area contributed by atoms with Crippen LogP contribution in [0.3, 0.4) is 0 Å². The highest BCUT2D eigenvalue weighted by Gasteiger charge is 2.37. The van der Waals surface area contributed by atoms with Gasteiger partial charge in [0.15, 0.2) is 0 Å². The van der Waals surface area contributed by atoms with Crippen molar-refractivity contribution in [3.05, 3.63) is 46.9 Å². The normalized spacial score (nSPS) is 17.3. The Morgan fingerprint density at radius 3 is 2.83 bits per heavy atom. The molecule has 0 radical (unpaired) electrons. The number of para-hydroxylation sites is 1. The van der Waals surface area contributed by atoms with Crippen LogP contribution in [0.15, 0.2) is 41.9 Å². The molecule has 1 aliphatic heterocycles. The first-order valence-electron chi connectivity index (χ1n) is 8.25. The molecule has 1 fully saturated rings. The first kappa shape index (κ1) is 16.6. The van der Waals surface area contributed by atoms with Crippen molar-refractivity contribution in [3.8, 4) is 0 Å². The fraction of sp³-hybridized carbons (Fsp3) is 0.389. The molecule has 6 heteroatoms. The molecule has 1 aromatic heterocycles. The van der Waals surface area contributed by atoms with Crippen molar-refractivity contribution in [1.29, 1.82) is 0 Å². The smallest absolute Gasteiger partial charge is 0.249 e. The number of amides is 2. The molecular weight excluding hydrogens is 322 g/mol. The summed E-state index contributed by atoms with van der Waals surface area (Å²) in [7, 11) is 0. The molecule has 0 N–H and O–H groups in total. The predicted octanol–water partition coefficient (Wildman–Crippen LogP) is 2.73. The fourth-order valence-corrected chi connectivity index (χ4v) is 3.74. The largest absolute Gasteiger partial charge is 0.331 e. The molecule has 0 spiro atoms. The van der Waals surface area contributed by atoms with Gasteiger partial charge in [-0.05, 0) is 25.5 Å². The summed E-state index contributed by atoms with van der Waals surface area (Å²) in [5.74, 6) is 0.0478. The third kappa shape index (κ3) is 3.48. The average molecular weight is 343 g/mol. The van der Waals surface area contributed by atoms with E-state index in [2.05, 4.69) is 4.98 Å². The zero-order valence-electron chi connectivity index (χ0n) is 13.7. The molecule has 126 valence electrons. The lowest BCUT2D eigenvalue weighted by molar-refractivity contribution is -0.138. The van der Waals surface area contributed by atoms with Gasteiger partial charge >= 0.3 is 0 Å². The predicted molar refractivity (Wildman–Crippen MR) is 95.0 cm³/mol. The van der Waals surface area contributed by atoms with Crippen LogP contribution < -0.4 is 4.90 Å². The zero-order chi connectivity index (χ0) is 16.9. The molecule has 2 aromatic rings. The van der Waals surface area contributed by atoms with Crippen molar-refractivity contribution in [2.75, 3.05) is 18.0 Å². The van der Waals surface area contributed by atoms with Gasteiger partial charge in [0.05, 0.1) is 5.01 Å². The molecule has 1 atom stereocenters. The number of anilines is 1. The van der Waals surface area contributed by atoms with Crippen molar-refractivity contribution in [1.82, 2.24) is 9.88 Å². The summed E-state index contributed by atoms with van der Waals surface area (Å²) >= 11 is 1.56. The number of nitrogens with zero attached hydrogens (tertiary/aromatic N) is 3. The van der Waals surface area contributed by atoms with Gasteiger partial charge in [0.2, 0.25) is 11.8 Å². The Balaban J connectivity index is 1.65. The summed E-state index contributed by atoms with van der Waals surface area (Å²) in [6.45, 7) is 3.14. The maximum absolute atomic E-state index is 12.8.